The van der Waals surface area contributed by atoms with Crippen LogP contribution in [0.5, 0.6) is 0 Å². The van der Waals surface area contributed by atoms with Gasteiger partial charge >= 0.3 is 12.1 Å². The van der Waals surface area contributed by atoms with Crippen molar-refractivity contribution in [1.29, 1.82) is 0 Å². The van der Waals surface area contributed by atoms with Crippen molar-refractivity contribution in [2.24, 2.45) is 0 Å². The number of aromatic nitrogens is 2. The number of hydrogen-bond donors (Lipinski definition) is 0. The Hall–Kier alpha value is -2.05. The number of halogens is 3. The Morgan fingerprint density at radius 2 is 1.95 bits per heavy atom. The minimum atomic E-state index is -4.47. The fourth-order valence-electron chi connectivity index (χ4n) is 1.65. The Labute approximate surface area is 113 Å². The molecule has 2 rings (SSSR count). The van der Waals surface area contributed by atoms with Crippen molar-refractivity contribution < 1.29 is 22.7 Å². The molecule has 108 valence electrons. The first kappa shape index (κ1) is 14.4. The normalized spacial score (nSPS) is 12.7. The lowest BCUT2D eigenvalue weighted by atomic mass is 10.2. The number of esters is 1. The molecule has 7 heteroatoms. The van der Waals surface area contributed by atoms with Gasteiger partial charge in [-0.25, -0.2) is 9.78 Å². The summed E-state index contributed by atoms with van der Waals surface area (Å²) in [5.41, 5.74) is -1.65. The molecule has 0 aromatic carbocycles. The second-order valence-electron chi connectivity index (χ2n) is 5.30. The summed E-state index contributed by atoms with van der Waals surface area (Å²) in [5, 5.41) is 0. The molecule has 0 fully saturated rings. The Bertz CT molecular complexity index is 654. The number of rotatable bonds is 1. The Morgan fingerprint density at radius 3 is 2.50 bits per heavy atom. The number of alkyl halides is 3. The summed E-state index contributed by atoms with van der Waals surface area (Å²) in [7, 11) is 0. The number of nitrogens with zero attached hydrogens (tertiary/aromatic N) is 2. The van der Waals surface area contributed by atoms with Gasteiger partial charge < -0.3 is 9.14 Å². The van der Waals surface area contributed by atoms with E-state index in [2.05, 4.69) is 4.98 Å². The third-order valence-electron chi connectivity index (χ3n) is 2.46. The van der Waals surface area contributed by atoms with Gasteiger partial charge in [0.15, 0.2) is 5.69 Å². The molecule has 0 aliphatic carbocycles. The smallest absolute Gasteiger partial charge is 0.416 e. The summed E-state index contributed by atoms with van der Waals surface area (Å²) in [4.78, 5) is 15.7. The van der Waals surface area contributed by atoms with Crippen LogP contribution >= 0.6 is 0 Å². The number of carbonyl (C=O) groups excluding carboxylic acids is 1. The average Bonchev–Trinajstić information content (AvgIpc) is 2.67. The monoisotopic (exact) mass is 286 g/mol. The Balaban J connectivity index is 2.47. The van der Waals surface area contributed by atoms with E-state index in [-0.39, 0.29) is 11.2 Å². The van der Waals surface area contributed by atoms with Crippen molar-refractivity contribution in [3.63, 3.8) is 0 Å². The van der Waals surface area contributed by atoms with E-state index in [1.807, 2.05) is 0 Å². The minimum absolute atomic E-state index is 0.0640. The van der Waals surface area contributed by atoms with Gasteiger partial charge in [-0.2, -0.15) is 13.2 Å². The van der Waals surface area contributed by atoms with Crippen molar-refractivity contribution in [3.8, 4) is 0 Å². The predicted molar refractivity (Wildman–Crippen MR) is 65.4 cm³/mol. The fourth-order valence-corrected chi connectivity index (χ4v) is 1.65. The largest absolute Gasteiger partial charge is 0.455 e. The van der Waals surface area contributed by atoms with Gasteiger partial charge in [-0.15, -0.1) is 0 Å². The van der Waals surface area contributed by atoms with E-state index in [1.165, 1.54) is 16.9 Å². The number of carbonyl (C=O) groups is 1. The van der Waals surface area contributed by atoms with Crippen molar-refractivity contribution in [2.75, 3.05) is 0 Å². The van der Waals surface area contributed by atoms with Crippen molar-refractivity contribution >= 4 is 11.5 Å². The van der Waals surface area contributed by atoms with Crippen LogP contribution in [0.4, 0.5) is 13.2 Å². The molecule has 0 amide bonds. The summed E-state index contributed by atoms with van der Waals surface area (Å²) < 4.78 is 44.5. The highest BCUT2D eigenvalue weighted by atomic mass is 19.4. The van der Waals surface area contributed by atoms with Crippen LogP contribution in [0.2, 0.25) is 0 Å². The third kappa shape index (κ3) is 2.92. The first-order valence-electron chi connectivity index (χ1n) is 5.85. The lowest BCUT2D eigenvalue weighted by Crippen LogP contribution is -2.24. The van der Waals surface area contributed by atoms with Crippen LogP contribution in [0.25, 0.3) is 5.52 Å². The van der Waals surface area contributed by atoms with Gasteiger partial charge in [0.2, 0.25) is 0 Å². The summed E-state index contributed by atoms with van der Waals surface area (Å²) in [6.45, 7) is 5.01. The molecular formula is C13H13F3N2O2. The van der Waals surface area contributed by atoms with Gasteiger partial charge in [-0.05, 0) is 32.9 Å². The maximum Gasteiger partial charge on any atom is 0.416 e. The molecule has 0 spiro atoms. The highest BCUT2D eigenvalue weighted by molar-refractivity contribution is 5.95. The molecule has 0 aliphatic rings. The van der Waals surface area contributed by atoms with Crippen molar-refractivity contribution in [1.82, 2.24) is 9.38 Å². The van der Waals surface area contributed by atoms with E-state index in [0.29, 0.717) is 0 Å². The van der Waals surface area contributed by atoms with E-state index in [4.69, 9.17) is 4.74 Å². The van der Waals surface area contributed by atoms with Gasteiger partial charge in [0.25, 0.3) is 0 Å². The van der Waals surface area contributed by atoms with Gasteiger partial charge in [0.05, 0.1) is 11.1 Å². The second-order valence-corrected chi connectivity index (χ2v) is 5.30. The molecule has 4 nitrogen and oxygen atoms in total. The standard InChI is InChI=1S/C13H13F3N2O2/c1-12(2,3)20-11(19)10-9-6-8(13(14,15)16)4-5-18(9)7-17-10/h4-7H,1-3H3. The fraction of sp³-hybridized carbons (Fsp3) is 0.385. The average molecular weight is 286 g/mol. The third-order valence-corrected chi connectivity index (χ3v) is 2.46. The molecule has 0 saturated carbocycles. The number of fused-ring (bicyclic) bond motifs is 1. The maximum atomic E-state index is 12.7. The molecule has 0 unspecified atom stereocenters. The zero-order valence-corrected chi connectivity index (χ0v) is 11.2. The first-order valence-corrected chi connectivity index (χ1v) is 5.85. The van der Waals surface area contributed by atoms with Crippen LogP contribution in [0, 0.1) is 0 Å². The second kappa shape index (κ2) is 4.50. The van der Waals surface area contributed by atoms with E-state index < -0.39 is 23.3 Å². The van der Waals surface area contributed by atoms with E-state index in [0.717, 1.165) is 12.1 Å². The minimum Gasteiger partial charge on any atom is -0.455 e. The SMILES string of the molecule is CC(C)(C)OC(=O)c1ncn2ccc(C(F)(F)F)cc12. The number of imidazole rings is 1. The van der Waals surface area contributed by atoms with E-state index in [1.54, 1.807) is 20.8 Å². The summed E-state index contributed by atoms with van der Waals surface area (Å²) in [6, 6.07) is 1.81. The van der Waals surface area contributed by atoms with Crippen molar-refractivity contribution in [2.45, 2.75) is 32.5 Å². The molecule has 0 radical (unpaired) electrons. The zero-order chi connectivity index (χ0) is 15.1. The Morgan fingerprint density at radius 1 is 1.30 bits per heavy atom. The van der Waals surface area contributed by atoms with Crippen LogP contribution in [-0.4, -0.2) is 21.0 Å². The highest BCUT2D eigenvalue weighted by Gasteiger charge is 2.31. The lowest BCUT2D eigenvalue weighted by molar-refractivity contribution is -0.137. The van der Waals surface area contributed by atoms with Crippen LogP contribution in [0.15, 0.2) is 24.7 Å². The van der Waals surface area contributed by atoms with Gasteiger partial charge in [-0.1, -0.05) is 0 Å². The molecule has 2 aromatic rings. The summed E-state index contributed by atoms with van der Waals surface area (Å²) in [5.74, 6) is -0.751. The van der Waals surface area contributed by atoms with Crippen LogP contribution < -0.4 is 0 Å². The van der Waals surface area contributed by atoms with Crippen LogP contribution in [0.1, 0.15) is 36.8 Å². The zero-order valence-electron chi connectivity index (χ0n) is 11.2. The number of ether oxygens (including phenoxy) is 1. The number of pyridine rings is 1. The quantitative estimate of drug-likeness (QED) is 0.755. The summed E-state index contributed by atoms with van der Waals surface area (Å²) in [6.07, 6.45) is -2.00. The molecule has 20 heavy (non-hydrogen) atoms. The Kier molecular flexibility index (Phi) is 3.23. The van der Waals surface area contributed by atoms with Crippen molar-refractivity contribution in [3.05, 3.63) is 35.9 Å². The molecule has 0 bridgehead atoms. The van der Waals surface area contributed by atoms with Crippen LogP contribution in [0.3, 0.4) is 0 Å². The maximum absolute atomic E-state index is 12.7. The van der Waals surface area contributed by atoms with Crippen LogP contribution in [-0.2, 0) is 10.9 Å². The van der Waals surface area contributed by atoms with Gasteiger partial charge in [-0.3, -0.25) is 0 Å². The van der Waals surface area contributed by atoms with Gasteiger partial charge in [0.1, 0.15) is 11.9 Å². The summed E-state index contributed by atoms with van der Waals surface area (Å²) >= 11 is 0. The molecule has 2 heterocycles. The molecular weight excluding hydrogens is 273 g/mol. The predicted octanol–water partition coefficient (Wildman–Crippen LogP) is 3.31. The lowest BCUT2D eigenvalue weighted by Gasteiger charge is -2.18. The van der Waals surface area contributed by atoms with E-state index in [9.17, 15) is 18.0 Å². The topological polar surface area (TPSA) is 43.6 Å². The highest BCUT2D eigenvalue weighted by Crippen LogP contribution is 2.30. The molecule has 0 saturated heterocycles. The van der Waals surface area contributed by atoms with Gasteiger partial charge in [0, 0.05) is 6.20 Å². The molecule has 0 aliphatic heterocycles. The first-order chi connectivity index (χ1) is 9.08. The molecule has 0 N–H and O–H groups in total. The number of hydrogen-bond acceptors (Lipinski definition) is 3. The molecule has 2 aromatic heterocycles. The van der Waals surface area contributed by atoms with E-state index >= 15 is 0 Å². The molecule has 0 atom stereocenters.